The molecule has 1 saturated heterocycles. The van der Waals surface area contributed by atoms with Crippen LogP contribution in [-0.2, 0) is 34.3 Å². The molecule has 0 aliphatic carbocycles. The van der Waals surface area contributed by atoms with Crippen molar-refractivity contribution in [3.63, 3.8) is 0 Å². The smallest absolute Gasteiger partial charge is 0.191 e. The number of aliphatic imine (C=N–C) groups is 1. The van der Waals surface area contributed by atoms with Crippen molar-refractivity contribution < 1.29 is 13.2 Å². The molecule has 1 fully saturated rings. The van der Waals surface area contributed by atoms with Gasteiger partial charge in [0.15, 0.2) is 15.8 Å². The number of nitrogens with zero attached hydrogens (tertiary/aromatic N) is 1. The van der Waals surface area contributed by atoms with Crippen molar-refractivity contribution >= 4 is 15.8 Å². The van der Waals surface area contributed by atoms with Gasteiger partial charge < -0.3 is 15.4 Å². The Kier molecular flexibility index (Phi) is 7.66. The molecule has 1 aliphatic rings. The number of benzene rings is 2. The highest BCUT2D eigenvalue weighted by molar-refractivity contribution is 7.91. The zero-order valence-corrected chi connectivity index (χ0v) is 17.6. The van der Waals surface area contributed by atoms with E-state index in [1.807, 2.05) is 37.3 Å². The predicted molar refractivity (Wildman–Crippen MR) is 116 cm³/mol. The van der Waals surface area contributed by atoms with Crippen molar-refractivity contribution in [2.75, 3.05) is 18.1 Å². The summed E-state index contributed by atoms with van der Waals surface area (Å²) in [5.41, 5.74) is 3.37. The summed E-state index contributed by atoms with van der Waals surface area (Å²) < 4.78 is 29.0. The van der Waals surface area contributed by atoms with Gasteiger partial charge in [-0.25, -0.2) is 13.4 Å². The third kappa shape index (κ3) is 7.18. The van der Waals surface area contributed by atoms with Crippen LogP contribution in [0.3, 0.4) is 0 Å². The van der Waals surface area contributed by atoms with Gasteiger partial charge in [-0.05, 0) is 30.0 Å². The maximum Gasteiger partial charge on any atom is 0.191 e. The lowest BCUT2D eigenvalue weighted by Crippen LogP contribution is -2.44. The van der Waals surface area contributed by atoms with Crippen molar-refractivity contribution in [3.8, 4) is 0 Å². The molecule has 2 N–H and O–H groups in total. The van der Waals surface area contributed by atoms with E-state index in [0.29, 0.717) is 32.1 Å². The van der Waals surface area contributed by atoms with Gasteiger partial charge in [-0.2, -0.15) is 0 Å². The largest absolute Gasteiger partial charge is 0.372 e. The summed E-state index contributed by atoms with van der Waals surface area (Å²) in [5.74, 6) is 1.08. The van der Waals surface area contributed by atoms with Gasteiger partial charge in [0.05, 0.1) is 31.3 Å². The fourth-order valence-corrected chi connectivity index (χ4v) is 4.87. The summed E-state index contributed by atoms with van der Waals surface area (Å²) >= 11 is 0. The second kappa shape index (κ2) is 10.4. The molecule has 0 aromatic heterocycles. The molecule has 156 valence electrons. The zero-order valence-electron chi connectivity index (χ0n) is 16.8. The van der Waals surface area contributed by atoms with Crippen LogP contribution in [0.2, 0.25) is 0 Å². The molecule has 2 aromatic carbocycles. The molecule has 1 unspecified atom stereocenters. The fraction of sp³-hybridized carbons (Fsp3) is 0.409. The van der Waals surface area contributed by atoms with E-state index < -0.39 is 9.84 Å². The second-order valence-electron chi connectivity index (χ2n) is 7.23. The van der Waals surface area contributed by atoms with E-state index in [2.05, 4.69) is 39.9 Å². The average Bonchev–Trinajstić information content (AvgIpc) is 3.06. The van der Waals surface area contributed by atoms with E-state index in [9.17, 15) is 8.42 Å². The van der Waals surface area contributed by atoms with Gasteiger partial charge in [-0.1, -0.05) is 54.6 Å². The van der Waals surface area contributed by atoms with E-state index in [1.54, 1.807) is 0 Å². The third-order valence-electron chi connectivity index (χ3n) is 4.74. The Morgan fingerprint density at radius 2 is 1.69 bits per heavy atom. The molecule has 0 amide bonds. The first kappa shape index (κ1) is 21.3. The van der Waals surface area contributed by atoms with Crippen LogP contribution in [0.15, 0.2) is 59.6 Å². The Balaban J connectivity index is 1.49. The number of hydrogen-bond donors (Lipinski definition) is 2. The topological polar surface area (TPSA) is 79.8 Å². The monoisotopic (exact) mass is 415 g/mol. The van der Waals surface area contributed by atoms with Crippen molar-refractivity contribution in [3.05, 3.63) is 71.3 Å². The molecule has 7 heteroatoms. The quantitative estimate of drug-likeness (QED) is 0.512. The summed E-state index contributed by atoms with van der Waals surface area (Å²) in [4.78, 5) is 4.59. The van der Waals surface area contributed by atoms with Crippen LogP contribution in [0.1, 0.15) is 30.0 Å². The highest BCUT2D eigenvalue weighted by Gasteiger charge is 2.28. The lowest BCUT2D eigenvalue weighted by Gasteiger charge is -2.15. The van der Waals surface area contributed by atoms with Crippen molar-refractivity contribution in [2.45, 2.75) is 39.1 Å². The van der Waals surface area contributed by atoms with Crippen molar-refractivity contribution in [1.29, 1.82) is 0 Å². The molecule has 0 bridgehead atoms. The lowest BCUT2D eigenvalue weighted by atomic mass is 10.1. The van der Waals surface area contributed by atoms with Crippen LogP contribution in [0, 0.1) is 0 Å². The van der Waals surface area contributed by atoms with Crippen molar-refractivity contribution in [1.82, 2.24) is 10.6 Å². The number of ether oxygens (including phenoxy) is 1. The standard InChI is InChI=1S/C22H29N3O3S/c1-2-23-22(25-21-12-13-29(26,27)17-21)24-14-18-8-10-20(11-9-18)16-28-15-19-6-4-3-5-7-19/h3-11,21H,2,12-17H2,1H3,(H2,23,24,25). The Labute approximate surface area is 173 Å². The Bertz CT molecular complexity index is 897. The molecular weight excluding hydrogens is 386 g/mol. The van der Waals surface area contributed by atoms with Crippen LogP contribution in [0.4, 0.5) is 0 Å². The average molecular weight is 416 g/mol. The number of guanidine groups is 1. The zero-order chi connectivity index (χ0) is 20.5. The van der Waals surface area contributed by atoms with E-state index in [4.69, 9.17) is 4.74 Å². The molecule has 29 heavy (non-hydrogen) atoms. The van der Waals surface area contributed by atoms with Gasteiger partial charge in [0.2, 0.25) is 0 Å². The minimum Gasteiger partial charge on any atom is -0.372 e. The molecule has 1 heterocycles. The molecule has 2 aromatic rings. The van der Waals surface area contributed by atoms with Crippen LogP contribution < -0.4 is 10.6 Å². The van der Waals surface area contributed by atoms with E-state index >= 15 is 0 Å². The van der Waals surface area contributed by atoms with Gasteiger partial charge in [-0.3, -0.25) is 0 Å². The van der Waals surface area contributed by atoms with Crippen LogP contribution >= 0.6 is 0 Å². The Morgan fingerprint density at radius 1 is 1.03 bits per heavy atom. The minimum atomic E-state index is -2.91. The van der Waals surface area contributed by atoms with Gasteiger partial charge in [0, 0.05) is 12.6 Å². The Hall–Kier alpha value is -2.38. The summed E-state index contributed by atoms with van der Waals surface area (Å²) in [6, 6.07) is 18.3. The van der Waals surface area contributed by atoms with E-state index in [1.165, 1.54) is 0 Å². The maximum atomic E-state index is 11.6. The van der Waals surface area contributed by atoms with Gasteiger partial charge in [0.25, 0.3) is 0 Å². The first-order valence-corrected chi connectivity index (χ1v) is 11.8. The third-order valence-corrected chi connectivity index (χ3v) is 6.51. The molecular formula is C22H29N3O3S. The predicted octanol–water partition coefficient (Wildman–Crippen LogP) is 2.65. The van der Waals surface area contributed by atoms with Gasteiger partial charge in [-0.15, -0.1) is 0 Å². The van der Waals surface area contributed by atoms with E-state index in [-0.39, 0.29) is 17.5 Å². The molecule has 1 atom stereocenters. The molecule has 3 rings (SSSR count). The van der Waals surface area contributed by atoms with Crippen LogP contribution in [0.25, 0.3) is 0 Å². The molecule has 0 radical (unpaired) electrons. The second-order valence-corrected chi connectivity index (χ2v) is 9.46. The number of rotatable bonds is 8. The molecule has 1 aliphatic heterocycles. The SMILES string of the molecule is CCNC(=NCc1ccc(COCc2ccccc2)cc1)NC1CCS(=O)(=O)C1. The number of hydrogen-bond acceptors (Lipinski definition) is 4. The summed E-state index contributed by atoms with van der Waals surface area (Å²) in [6.45, 7) is 4.41. The first-order chi connectivity index (χ1) is 14.0. The highest BCUT2D eigenvalue weighted by atomic mass is 32.2. The summed E-state index contributed by atoms with van der Waals surface area (Å²) in [6.07, 6.45) is 0.629. The van der Waals surface area contributed by atoms with Gasteiger partial charge in [0.1, 0.15) is 0 Å². The Morgan fingerprint density at radius 3 is 2.31 bits per heavy atom. The number of sulfone groups is 1. The maximum absolute atomic E-state index is 11.6. The lowest BCUT2D eigenvalue weighted by molar-refractivity contribution is 0.107. The van der Waals surface area contributed by atoms with Crippen molar-refractivity contribution in [2.24, 2.45) is 4.99 Å². The fourth-order valence-electron chi connectivity index (χ4n) is 3.19. The molecule has 0 saturated carbocycles. The highest BCUT2D eigenvalue weighted by Crippen LogP contribution is 2.12. The number of nitrogens with one attached hydrogen (secondary N) is 2. The normalized spacial score (nSPS) is 18.5. The molecule has 0 spiro atoms. The first-order valence-electron chi connectivity index (χ1n) is 9.99. The van der Waals surface area contributed by atoms with Gasteiger partial charge >= 0.3 is 0 Å². The van der Waals surface area contributed by atoms with Crippen LogP contribution in [0.5, 0.6) is 0 Å². The van der Waals surface area contributed by atoms with E-state index in [0.717, 1.165) is 23.2 Å². The summed E-state index contributed by atoms with van der Waals surface area (Å²) in [7, 11) is -2.91. The van der Waals surface area contributed by atoms with Crippen LogP contribution in [-0.4, -0.2) is 38.5 Å². The summed E-state index contributed by atoms with van der Waals surface area (Å²) in [5, 5.41) is 6.42. The minimum absolute atomic E-state index is 0.0676. The molecule has 6 nitrogen and oxygen atoms in total.